The summed E-state index contributed by atoms with van der Waals surface area (Å²) >= 11 is 0. The molecule has 1 saturated heterocycles. The van der Waals surface area contributed by atoms with Crippen molar-refractivity contribution < 1.29 is 9.13 Å². The van der Waals surface area contributed by atoms with Crippen LogP contribution in [0.5, 0.6) is 0 Å². The number of rotatable bonds is 3. The van der Waals surface area contributed by atoms with Crippen LogP contribution in [-0.2, 0) is 11.2 Å². The maximum Gasteiger partial charge on any atom is 0.123 e. The molecular formula is C16H23FN2O. The lowest BCUT2D eigenvalue weighted by Gasteiger charge is -2.45. The van der Waals surface area contributed by atoms with E-state index in [0.29, 0.717) is 18.7 Å². The van der Waals surface area contributed by atoms with Crippen LogP contribution in [-0.4, -0.2) is 31.8 Å². The number of nitrogens with zero attached hydrogens (tertiary/aromatic N) is 1. The van der Waals surface area contributed by atoms with E-state index in [0.717, 1.165) is 37.2 Å². The maximum atomic E-state index is 13.5. The maximum absolute atomic E-state index is 13.5. The smallest absolute Gasteiger partial charge is 0.123 e. The van der Waals surface area contributed by atoms with Gasteiger partial charge in [0, 0.05) is 12.2 Å². The summed E-state index contributed by atoms with van der Waals surface area (Å²) in [6.45, 7) is 2.21. The van der Waals surface area contributed by atoms with E-state index in [-0.39, 0.29) is 5.82 Å². The molecule has 110 valence electrons. The Bertz CT molecular complexity index is 464. The van der Waals surface area contributed by atoms with Crippen molar-refractivity contribution in [3.8, 4) is 0 Å². The Hall–Kier alpha value is -1.13. The Morgan fingerprint density at radius 2 is 2.15 bits per heavy atom. The Morgan fingerprint density at radius 1 is 1.30 bits per heavy atom. The highest BCUT2D eigenvalue weighted by Gasteiger charge is 2.34. The summed E-state index contributed by atoms with van der Waals surface area (Å²) in [7, 11) is 0. The monoisotopic (exact) mass is 278 g/mol. The van der Waals surface area contributed by atoms with Gasteiger partial charge in [-0.2, -0.15) is 0 Å². The third-order valence-electron chi connectivity index (χ3n) is 4.50. The minimum absolute atomic E-state index is 0.175. The van der Waals surface area contributed by atoms with Crippen molar-refractivity contribution in [1.82, 2.24) is 0 Å². The van der Waals surface area contributed by atoms with E-state index >= 15 is 0 Å². The highest BCUT2D eigenvalue weighted by Crippen LogP contribution is 2.34. The molecule has 1 aliphatic heterocycles. The average Bonchev–Trinajstić information content (AvgIpc) is 2.47. The Morgan fingerprint density at radius 3 is 3.00 bits per heavy atom. The lowest BCUT2D eigenvalue weighted by Crippen LogP contribution is -2.53. The average molecular weight is 278 g/mol. The molecule has 1 aromatic rings. The summed E-state index contributed by atoms with van der Waals surface area (Å²) in [5.41, 5.74) is 7.85. The van der Waals surface area contributed by atoms with Gasteiger partial charge in [-0.25, -0.2) is 4.39 Å². The molecule has 2 fully saturated rings. The van der Waals surface area contributed by atoms with Crippen molar-refractivity contribution >= 4 is 5.69 Å². The largest absolute Gasteiger partial charge is 0.374 e. The number of anilines is 1. The topological polar surface area (TPSA) is 38.5 Å². The molecule has 4 heteroatoms. The van der Waals surface area contributed by atoms with Gasteiger partial charge < -0.3 is 15.4 Å². The van der Waals surface area contributed by atoms with Gasteiger partial charge in [-0.05, 0) is 49.6 Å². The zero-order valence-electron chi connectivity index (χ0n) is 11.9. The van der Waals surface area contributed by atoms with Gasteiger partial charge in [0.05, 0.1) is 18.8 Å². The molecule has 1 heterocycles. The van der Waals surface area contributed by atoms with Crippen LogP contribution in [0.25, 0.3) is 0 Å². The number of ether oxygens (including phenoxy) is 1. The van der Waals surface area contributed by atoms with E-state index < -0.39 is 0 Å². The van der Waals surface area contributed by atoms with Crippen LogP contribution in [0.1, 0.15) is 31.2 Å². The highest BCUT2D eigenvalue weighted by atomic mass is 19.1. The first kappa shape index (κ1) is 13.8. The number of hydrogen-bond donors (Lipinski definition) is 1. The predicted octanol–water partition coefficient (Wildman–Crippen LogP) is 2.47. The molecule has 0 bridgehead atoms. The fourth-order valence-electron chi connectivity index (χ4n) is 3.59. The molecule has 1 saturated carbocycles. The molecule has 1 aromatic carbocycles. The van der Waals surface area contributed by atoms with Crippen molar-refractivity contribution in [3.63, 3.8) is 0 Å². The molecule has 2 atom stereocenters. The molecular weight excluding hydrogens is 255 g/mol. The van der Waals surface area contributed by atoms with Crippen molar-refractivity contribution in [2.24, 2.45) is 5.73 Å². The molecule has 3 rings (SSSR count). The van der Waals surface area contributed by atoms with Gasteiger partial charge in [0.25, 0.3) is 0 Å². The molecule has 0 aromatic heterocycles. The van der Waals surface area contributed by atoms with E-state index in [1.54, 1.807) is 12.1 Å². The van der Waals surface area contributed by atoms with Crippen LogP contribution in [0, 0.1) is 5.82 Å². The first-order chi connectivity index (χ1) is 9.79. The fraction of sp³-hybridized carbons (Fsp3) is 0.625. The summed E-state index contributed by atoms with van der Waals surface area (Å²) < 4.78 is 19.4. The van der Waals surface area contributed by atoms with Crippen LogP contribution in [0.4, 0.5) is 10.1 Å². The van der Waals surface area contributed by atoms with Gasteiger partial charge in [0.15, 0.2) is 0 Å². The minimum atomic E-state index is -0.175. The van der Waals surface area contributed by atoms with Crippen LogP contribution in [0.3, 0.4) is 0 Å². The van der Waals surface area contributed by atoms with Crippen molar-refractivity contribution in [1.29, 1.82) is 0 Å². The number of hydrogen-bond acceptors (Lipinski definition) is 3. The number of fused-ring (bicyclic) bond motifs is 1. The third-order valence-corrected chi connectivity index (χ3v) is 4.50. The third kappa shape index (κ3) is 2.67. The van der Waals surface area contributed by atoms with Crippen molar-refractivity contribution in [2.45, 2.75) is 44.2 Å². The van der Waals surface area contributed by atoms with Crippen molar-refractivity contribution in [2.75, 3.05) is 24.6 Å². The Labute approximate surface area is 119 Å². The molecule has 2 N–H and O–H groups in total. The fourth-order valence-corrected chi connectivity index (χ4v) is 3.59. The predicted molar refractivity (Wildman–Crippen MR) is 78.5 cm³/mol. The molecule has 2 unspecified atom stereocenters. The lowest BCUT2D eigenvalue weighted by molar-refractivity contribution is -0.00873. The summed E-state index contributed by atoms with van der Waals surface area (Å²) in [6.07, 6.45) is 5.90. The first-order valence-corrected chi connectivity index (χ1v) is 7.66. The summed E-state index contributed by atoms with van der Waals surface area (Å²) in [6, 6.07) is 5.55. The second-order valence-electron chi connectivity index (χ2n) is 5.77. The molecule has 0 spiro atoms. The summed E-state index contributed by atoms with van der Waals surface area (Å²) in [5, 5.41) is 0. The van der Waals surface area contributed by atoms with Crippen molar-refractivity contribution in [3.05, 3.63) is 29.6 Å². The molecule has 1 aliphatic carbocycles. The minimum Gasteiger partial charge on any atom is -0.374 e. The van der Waals surface area contributed by atoms with Gasteiger partial charge in [0.2, 0.25) is 0 Å². The van der Waals surface area contributed by atoms with E-state index in [2.05, 4.69) is 4.90 Å². The van der Waals surface area contributed by atoms with E-state index in [1.165, 1.54) is 19.3 Å². The van der Waals surface area contributed by atoms with Gasteiger partial charge in [0.1, 0.15) is 5.82 Å². The molecule has 0 radical (unpaired) electrons. The van der Waals surface area contributed by atoms with Crippen LogP contribution < -0.4 is 10.6 Å². The lowest BCUT2D eigenvalue weighted by atomic mass is 9.89. The SMILES string of the molecule is NCCc1cc(F)ccc1N1CCOC2CCCCC21. The van der Waals surface area contributed by atoms with Gasteiger partial charge in [-0.1, -0.05) is 12.8 Å². The second-order valence-corrected chi connectivity index (χ2v) is 5.77. The first-order valence-electron chi connectivity index (χ1n) is 7.66. The van der Waals surface area contributed by atoms with Crippen LogP contribution in [0.15, 0.2) is 18.2 Å². The van der Waals surface area contributed by atoms with E-state index in [1.807, 2.05) is 6.07 Å². The second kappa shape index (κ2) is 6.10. The molecule has 2 aliphatic rings. The standard InChI is InChI=1S/C16H23FN2O/c17-13-5-6-14(12(11-13)7-8-18)19-9-10-20-16-4-2-1-3-15(16)19/h5-6,11,15-16H,1-4,7-10,18H2. The Kier molecular flexibility index (Phi) is 4.22. The van der Waals surface area contributed by atoms with Crippen LogP contribution in [0.2, 0.25) is 0 Å². The Balaban J connectivity index is 1.90. The van der Waals surface area contributed by atoms with Gasteiger partial charge >= 0.3 is 0 Å². The zero-order chi connectivity index (χ0) is 13.9. The quantitative estimate of drug-likeness (QED) is 0.923. The summed E-state index contributed by atoms with van der Waals surface area (Å²) in [4.78, 5) is 2.43. The number of halogens is 1. The van der Waals surface area contributed by atoms with Crippen LogP contribution >= 0.6 is 0 Å². The van der Waals surface area contributed by atoms with E-state index in [4.69, 9.17) is 10.5 Å². The zero-order valence-corrected chi connectivity index (χ0v) is 11.9. The summed E-state index contributed by atoms with van der Waals surface area (Å²) in [5.74, 6) is -0.175. The number of morpholine rings is 1. The normalized spacial score (nSPS) is 26.4. The highest BCUT2D eigenvalue weighted by molar-refractivity contribution is 5.55. The van der Waals surface area contributed by atoms with Gasteiger partial charge in [-0.15, -0.1) is 0 Å². The molecule has 0 amide bonds. The van der Waals surface area contributed by atoms with E-state index in [9.17, 15) is 4.39 Å². The van der Waals surface area contributed by atoms with Gasteiger partial charge in [-0.3, -0.25) is 0 Å². The number of nitrogens with two attached hydrogens (primary N) is 1. The molecule has 3 nitrogen and oxygen atoms in total. The number of benzene rings is 1. The molecule has 20 heavy (non-hydrogen) atoms.